The molecule has 0 aliphatic carbocycles. The molecule has 0 saturated carbocycles. The lowest BCUT2D eigenvalue weighted by molar-refractivity contribution is -0.133. The maximum Gasteiger partial charge on any atom is 0.355 e. The van der Waals surface area contributed by atoms with Gasteiger partial charge in [-0.2, -0.15) is 0 Å². The number of hydrogen-bond acceptors (Lipinski definition) is 4. The molecule has 0 aliphatic rings. The molecule has 1 amide bonds. The van der Waals surface area contributed by atoms with E-state index >= 15 is 0 Å². The maximum atomic E-state index is 13.8. The first kappa shape index (κ1) is 20.6. The number of benzene rings is 1. The van der Waals surface area contributed by atoms with E-state index in [1.807, 2.05) is 0 Å². The van der Waals surface area contributed by atoms with Crippen LogP contribution >= 0.6 is 11.6 Å². The lowest BCUT2D eigenvalue weighted by atomic mass is 10.1. The van der Waals surface area contributed by atoms with Crippen LogP contribution in [-0.2, 0) is 16.1 Å². The summed E-state index contributed by atoms with van der Waals surface area (Å²) >= 11 is 5.95. The average Bonchev–Trinajstić information content (AvgIpc) is 2.90. The number of nitrogens with zero attached hydrogens (tertiary/aromatic N) is 1. The van der Waals surface area contributed by atoms with Gasteiger partial charge in [0.1, 0.15) is 11.5 Å². The van der Waals surface area contributed by atoms with Gasteiger partial charge in [-0.15, -0.1) is 0 Å². The SMILES string of the molecule is CC(=O)c1c(C)[nH]c(C(=O)OCC(=O)N(C)Cc2c(F)cccc2Cl)c1C. The molecule has 144 valence electrons. The second-order valence-corrected chi connectivity index (χ2v) is 6.61. The van der Waals surface area contributed by atoms with E-state index in [9.17, 15) is 18.8 Å². The number of carbonyl (C=O) groups is 3. The monoisotopic (exact) mass is 394 g/mol. The summed E-state index contributed by atoms with van der Waals surface area (Å²) < 4.78 is 18.9. The number of esters is 1. The number of aryl methyl sites for hydroxylation is 1. The van der Waals surface area contributed by atoms with Crippen molar-refractivity contribution in [1.82, 2.24) is 9.88 Å². The highest BCUT2D eigenvalue weighted by molar-refractivity contribution is 6.31. The molecule has 0 radical (unpaired) electrons. The molecule has 6 nitrogen and oxygen atoms in total. The first-order valence-electron chi connectivity index (χ1n) is 8.17. The number of aromatic nitrogens is 1. The summed E-state index contributed by atoms with van der Waals surface area (Å²) in [4.78, 5) is 40.1. The van der Waals surface area contributed by atoms with Crippen molar-refractivity contribution in [3.63, 3.8) is 0 Å². The Hall–Kier alpha value is -2.67. The molecule has 8 heteroatoms. The van der Waals surface area contributed by atoms with Crippen molar-refractivity contribution < 1.29 is 23.5 Å². The van der Waals surface area contributed by atoms with E-state index in [2.05, 4.69) is 4.98 Å². The number of amides is 1. The largest absolute Gasteiger partial charge is 0.451 e. The van der Waals surface area contributed by atoms with E-state index in [1.54, 1.807) is 13.8 Å². The van der Waals surface area contributed by atoms with Crippen LogP contribution in [0.2, 0.25) is 5.02 Å². The first-order valence-corrected chi connectivity index (χ1v) is 8.55. The van der Waals surface area contributed by atoms with Gasteiger partial charge in [-0.3, -0.25) is 9.59 Å². The molecular formula is C19H20ClFN2O4. The molecule has 0 fully saturated rings. The van der Waals surface area contributed by atoms with Gasteiger partial charge in [0.05, 0.1) is 0 Å². The minimum atomic E-state index is -0.742. The Balaban J connectivity index is 2.02. The number of halogens is 2. The summed E-state index contributed by atoms with van der Waals surface area (Å²) in [6.07, 6.45) is 0. The van der Waals surface area contributed by atoms with Gasteiger partial charge in [-0.1, -0.05) is 17.7 Å². The molecule has 1 N–H and O–H groups in total. The molecule has 0 unspecified atom stereocenters. The van der Waals surface area contributed by atoms with E-state index in [1.165, 1.54) is 37.1 Å². The standard InChI is InChI=1S/C19H20ClFN2O4/c1-10-17(12(3)24)11(2)22-18(10)19(26)27-9-16(25)23(4)8-13-14(20)6-5-7-15(13)21/h5-7,22H,8-9H2,1-4H3. The van der Waals surface area contributed by atoms with E-state index in [4.69, 9.17) is 16.3 Å². The van der Waals surface area contributed by atoms with Crippen LogP contribution in [0.15, 0.2) is 18.2 Å². The number of aromatic amines is 1. The van der Waals surface area contributed by atoms with Gasteiger partial charge in [-0.25, -0.2) is 9.18 Å². The smallest absolute Gasteiger partial charge is 0.355 e. The molecule has 0 aliphatic heterocycles. The van der Waals surface area contributed by atoms with Crippen LogP contribution in [0, 0.1) is 19.7 Å². The number of ketones is 1. The Labute approximate surface area is 161 Å². The van der Waals surface area contributed by atoms with Crippen molar-refractivity contribution in [2.75, 3.05) is 13.7 Å². The van der Waals surface area contributed by atoms with E-state index in [0.717, 1.165) is 0 Å². The summed E-state index contributed by atoms with van der Waals surface area (Å²) in [6.45, 7) is 4.14. The number of ether oxygens (including phenoxy) is 1. The first-order chi connectivity index (χ1) is 12.6. The lowest BCUT2D eigenvalue weighted by Crippen LogP contribution is -2.31. The molecule has 27 heavy (non-hydrogen) atoms. The third-order valence-corrected chi connectivity index (χ3v) is 4.56. The Morgan fingerprint density at radius 1 is 1.26 bits per heavy atom. The fraction of sp³-hybridized carbons (Fsp3) is 0.316. The fourth-order valence-electron chi connectivity index (χ4n) is 2.80. The van der Waals surface area contributed by atoms with Crippen LogP contribution in [0.5, 0.6) is 0 Å². The summed E-state index contributed by atoms with van der Waals surface area (Å²) in [7, 11) is 1.46. The zero-order chi connectivity index (χ0) is 20.3. The predicted molar refractivity (Wildman–Crippen MR) is 98.4 cm³/mol. The Bertz CT molecular complexity index is 887. The summed E-state index contributed by atoms with van der Waals surface area (Å²) in [5, 5.41) is 0.209. The van der Waals surface area contributed by atoms with Gasteiger partial charge in [-0.05, 0) is 38.5 Å². The second kappa shape index (κ2) is 8.35. The van der Waals surface area contributed by atoms with Crippen molar-refractivity contribution >= 4 is 29.3 Å². The van der Waals surface area contributed by atoms with Gasteiger partial charge >= 0.3 is 5.97 Å². The topological polar surface area (TPSA) is 79.5 Å². The van der Waals surface area contributed by atoms with Gasteiger partial charge in [0.15, 0.2) is 12.4 Å². The summed E-state index contributed by atoms with van der Waals surface area (Å²) in [6, 6.07) is 4.25. The number of rotatable bonds is 6. The van der Waals surface area contributed by atoms with Crippen molar-refractivity contribution in [2.24, 2.45) is 0 Å². The second-order valence-electron chi connectivity index (χ2n) is 6.21. The van der Waals surface area contributed by atoms with Crippen molar-refractivity contribution in [3.8, 4) is 0 Å². The third-order valence-electron chi connectivity index (χ3n) is 4.20. The highest BCUT2D eigenvalue weighted by atomic mass is 35.5. The lowest BCUT2D eigenvalue weighted by Gasteiger charge is -2.18. The Kier molecular flexibility index (Phi) is 6.38. The molecular weight excluding hydrogens is 375 g/mol. The van der Waals surface area contributed by atoms with Crippen LogP contribution in [0.3, 0.4) is 0 Å². The fourth-order valence-corrected chi connectivity index (χ4v) is 3.02. The Morgan fingerprint density at radius 2 is 1.93 bits per heavy atom. The number of H-pyrrole nitrogens is 1. The number of carbonyl (C=O) groups excluding carboxylic acids is 3. The molecule has 1 aromatic carbocycles. The number of hydrogen-bond donors (Lipinski definition) is 1. The third kappa shape index (κ3) is 4.54. The van der Waals surface area contributed by atoms with E-state index < -0.39 is 24.3 Å². The van der Waals surface area contributed by atoms with Gasteiger partial charge in [0.25, 0.3) is 5.91 Å². The minimum Gasteiger partial charge on any atom is -0.451 e. The summed E-state index contributed by atoms with van der Waals surface area (Å²) in [5.74, 6) is -1.95. The van der Waals surface area contributed by atoms with Gasteiger partial charge < -0.3 is 14.6 Å². The summed E-state index contributed by atoms with van der Waals surface area (Å²) in [5.41, 5.74) is 1.78. The molecule has 2 rings (SSSR count). The quantitative estimate of drug-likeness (QED) is 0.601. The number of nitrogens with one attached hydrogen (secondary N) is 1. The minimum absolute atomic E-state index is 0.0585. The van der Waals surface area contributed by atoms with Crippen molar-refractivity contribution in [1.29, 1.82) is 0 Å². The number of Topliss-reactive ketones (excluding diaryl/α,β-unsaturated/α-hetero) is 1. The highest BCUT2D eigenvalue weighted by Gasteiger charge is 2.22. The molecule has 1 heterocycles. The zero-order valence-corrected chi connectivity index (χ0v) is 16.2. The van der Waals surface area contributed by atoms with E-state index in [0.29, 0.717) is 16.8 Å². The van der Waals surface area contributed by atoms with Gasteiger partial charge in [0, 0.05) is 35.4 Å². The molecule has 0 saturated heterocycles. The molecule has 0 bridgehead atoms. The molecule has 1 aromatic heterocycles. The van der Waals surface area contributed by atoms with Crippen LogP contribution in [0.4, 0.5) is 4.39 Å². The normalized spacial score (nSPS) is 10.6. The number of likely N-dealkylation sites (N-methyl/N-ethyl adjacent to an activating group) is 1. The van der Waals surface area contributed by atoms with Gasteiger partial charge in [0.2, 0.25) is 0 Å². The van der Waals surface area contributed by atoms with E-state index in [-0.39, 0.29) is 28.6 Å². The molecule has 2 aromatic rings. The van der Waals surface area contributed by atoms with Crippen molar-refractivity contribution in [2.45, 2.75) is 27.3 Å². The van der Waals surface area contributed by atoms with Crippen LogP contribution in [0.25, 0.3) is 0 Å². The van der Waals surface area contributed by atoms with Crippen LogP contribution in [0.1, 0.15) is 44.6 Å². The average molecular weight is 395 g/mol. The van der Waals surface area contributed by atoms with Crippen molar-refractivity contribution in [3.05, 3.63) is 57.1 Å². The van der Waals surface area contributed by atoms with Crippen LogP contribution in [-0.4, -0.2) is 41.2 Å². The predicted octanol–water partition coefficient (Wildman–Crippen LogP) is 3.44. The molecule has 0 spiro atoms. The maximum absolute atomic E-state index is 13.8. The van der Waals surface area contributed by atoms with Crippen LogP contribution < -0.4 is 0 Å². The Morgan fingerprint density at radius 3 is 2.48 bits per heavy atom. The zero-order valence-electron chi connectivity index (χ0n) is 15.5. The highest BCUT2D eigenvalue weighted by Crippen LogP contribution is 2.21. The molecule has 0 atom stereocenters.